The second-order valence-corrected chi connectivity index (χ2v) is 6.81. The van der Waals surface area contributed by atoms with Crippen LogP contribution in [0.3, 0.4) is 0 Å². The van der Waals surface area contributed by atoms with Gasteiger partial charge in [-0.2, -0.15) is 0 Å². The molecule has 0 radical (unpaired) electrons. The molecule has 4 rings (SSSR count). The van der Waals surface area contributed by atoms with Crippen molar-refractivity contribution in [3.63, 3.8) is 0 Å². The lowest BCUT2D eigenvalue weighted by molar-refractivity contribution is 0.0950. The minimum atomic E-state index is -0.0468. The number of hydrogen-bond donors (Lipinski definition) is 1. The summed E-state index contributed by atoms with van der Waals surface area (Å²) in [5.41, 5.74) is 6.71. The number of hydrogen-bond acceptors (Lipinski definition) is 3. The highest BCUT2D eigenvalue weighted by molar-refractivity contribution is 7.09. The third-order valence-corrected chi connectivity index (χ3v) is 4.97. The molecule has 1 heterocycles. The van der Waals surface area contributed by atoms with Gasteiger partial charge in [0.05, 0.1) is 17.2 Å². The SMILES string of the molecule is Cc1nc(CNC(=O)c2ccc3c(c2)Cc2ccccc2-3)cs1. The molecule has 2 aromatic carbocycles. The van der Waals surface area contributed by atoms with Gasteiger partial charge in [0.25, 0.3) is 5.91 Å². The molecule has 3 aromatic rings. The molecule has 4 heteroatoms. The first-order valence-electron chi connectivity index (χ1n) is 7.61. The highest BCUT2D eigenvalue weighted by Crippen LogP contribution is 2.36. The van der Waals surface area contributed by atoms with E-state index in [9.17, 15) is 4.79 Å². The zero-order valence-corrected chi connectivity index (χ0v) is 13.6. The monoisotopic (exact) mass is 320 g/mol. The number of benzene rings is 2. The van der Waals surface area contributed by atoms with Gasteiger partial charge in [-0.05, 0) is 47.7 Å². The number of rotatable bonds is 3. The number of aromatic nitrogens is 1. The van der Waals surface area contributed by atoms with E-state index in [1.807, 2.05) is 24.4 Å². The van der Waals surface area contributed by atoms with Crippen LogP contribution in [-0.2, 0) is 13.0 Å². The maximum atomic E-state index is 12.4. The van der Waals surface area contributed by atoms with Crippen LogP contribution in [0.5, 0.6) is 0 Å². The molecule has 1 aromatic heterocycles. The van der Waals surface area contributed by atoms with Crippen molar-refractivity contribution in [2.24, 2.45) is 0 Å². The Bertz CT molecular complexity index is 898. The summed E-state index contributed by atoms with van der Waals surface area (Å²) < 4.78 is 0. The van der Waals surface area contributed by atoms with E-state index in [1.54, 1.807) is 11.3 Å². The number of aryl methyl sites for hydroxylation is 1. The van der Waals surface area contributed by atoms with E-state index in [0.29, 0.717) is 12.1 Å². The third kappa shape index (κ3) is 2.66. The highest BCUT2D eigenvalue weighted by Gasteiger charge is 2.19. The van der Waals surface area contributed by atoms with Gasteiger partial charge in [0.15, 0.2) is 0 Å². The molecule has 23 heavy (non-hydrogen) atoms. The Labute approximate surface area is 139 Å². The third-order valence-electron chi connectivity index (χ3n) is 4.15. The predicted molar refractivity (Wildman–Crippen MR) is 92.7 cm³/mol. The first-order chi connectivity index (χ1) is 11.2. The zero-order valence-electron chi connectivity index (χ0n) is 12.8. The number of fused-ring (bicyclic) bond motifs is 3. The molecule has 3 nitrogen and oxygen atoms in total. The Hall–Kier alpha value is -2.46. The number of carbonyl (C=O) groups excluding carboxylic acids is 1. The molecule has 1 aliphatic rings. The van der Waals surface area contributed by atoms with Crippen molar-refractivity contribution < 1.29 is 4.79 Å². The lowest BCUT2D eigenvalue weighted by Crippen LogP contribution is -2.23. The quantitative estimate of drug-likeness (QED) is 0.621. The van der Waals surface area contributed by atoms with Gasteiger partial charge in [-0.15, -0.1) is 11.3 Å². The van der Waals surface area contributed by atoms with Gasteiger partial charge < -0.3 is 5.32 Å². The van der Waals surface area contributed by atoms with Gasteiger partial charge in [0.1, 0.15) is 0 Å². The summed E-state index contributed by atoms with van der Waals surface area (Å²) in [7, 11) is 0. The van der Waals surface area contributed by atoms with E-state index in [1.165, 1.54) is 22.3 Å². The van der Waals surface area contributed by atoms with E-state index < -0.39 is 0 Å². The van der Waals surface area contributed by atoms with Crippen molar-refractivity contribution in [1.82, 2.24) is 10.3 Å². The van der Waals surface area contributed by atoms with Crippen LogP contribution < -0.4 is 5.32 Å². The van der Waals surface area contributed by atoms with Crippen LogP contribution in [0.15, 0.2) is 47.8 Å². The first kappa shape index (κ1) is 14.2. The van der Waals surface area contributed by atoms with E-state index in [4.69, 9.17) is 0 Å². The second-order valence-electron chi connectivity index (χ2n) is 5.75. The summed E-state index contributed by atoms with van der Waals surface area (Å²) in [5.74, 6) is -0.0468. The van der Waals surface area contributed by atoms with Crippen molar-refractivity contribution in [2.45, 2.75) is 19.9 Å². The summed E-state index contributed by atoms with van der Waals surface area (Å²) in [4.78, 5) is 16.7. The van der Waals surface area contributed by atoms with Gasteiger partial charge in [-0.25, -0.2) is 4.98 Å². The smallest absolute Gasteiger partial charge is 0.251 e. The Kier molecular flexibility index (Phi) is 3.46. The molecule has 0 saturated carbocycles. The molecule has 1 aliphatic carbocycles. The van der Waals surface area contributed by atoms with Crippen LogP contribution in [0.2, 0.25) is 0 Å². The highest BCUT2D eigenvalue weighted by atomic mass is 32.1. The Balaban J connectivity index is 1.52. The van der Waals surface area contributed by atoms with Crippen LogP contribution >= 0.6 is 11.3 Å². The zero-order chi connectivity index (χ0) is 15.8. The molecule has 114 valence electrons. The van der Waals surface area contributed by atoms with Gasteiger partial charge in [0.2, 0.25) is 0 Å². The molecule has 0 bridgehead atoms. The Morgan fingerprint density at radius 1 is 1.17 bits per heavy atom. The number of amides is 1. The molecular formula is C19H16N2OS. The maximum absolute atomic E-state index is 12.4. The van der Waals surface area contributed by atoms with E-state index in [-0.39, 0.29) is 5.91 Å². The number of thiazole rings is 1. The summed E-state index contributed by atoms with van der Waals surface area (Å²) in [5, 5.41) is 5.95. The van der Waals surface area contributed by atoms with E-state index in [2.05, 4.69) is 40.6 Å². The molecular weight excluding hydrogens is 304 g/mol. The fourth-order valence-corrected chi connectivity index (χ4v) is 3.66. The lowest BCUT2D eigenvalue weighted by Gasteiger charge is -2.06. The van der Waals surface area contributed by atoms with Gasteiger partial charge in [0, 0.05) is 10.9 Å². The fourth-order valence-electron chi connectivity index (χ4n) is 3.05. The molecule has 0 saturated heterocycles. The molecule has 0 spiro atoms. The average Bonchev–Trinajstić information content (AvgIpc) is 3.15. The normalized spacial score (nSPS) is 11.9. The van der Waals surface area contributed by atoms with Gasteiger partial charge in [-0.3, -0.25) is 4.79 Å². The predicted octanol–water partition coefficient (Wildman–Crippen LogP) is 3.95. The molecule has 0 unspecified atom stereocenters. The molecule has 1 amide bonds. The summed E-state index contributed by atoms with van der Waals surface area (Å²) in [6.45, 7) is 2.44. The molecule has 0 atom stereocenters. The number of carbonyl (C=O) groups is 1. The van der Waals surface area contributed by atoms with Crippen LogP contribution in [0.25, 0.3) is 11.1 Å². The van der Waals surface area contributed by atoms with E-state index >= 15 is 0 Å². The number of nitrogens with zero attached hydrogens (tertiary/aromatic N) is 1. The van der Waals surface area contributed by atoms with Crippen molar-refractivity contribution in [1.29, 1.82) is 0 Å². The molecule has 1 N–H and O–H groups in total. The van der Waals surface area contributed by atoms with Crippen LogP contribution in [-0.4, -0.2) is 10.9 Å². The Morgan fingerprint density at radius 3 is 2.83 bits per heavy atom. The first-order valence-corrected chi connectivity index (χ1v) is 8.49. The number of nitrogens with one attached hydrogen (secondary N) is 1. The lowest BCUT2D eigenvalue weighted by atomic mass is 10.0. The Morgan fingerprint density at radius 2 is 2.00 bits per heavy atom. The minimum absolute atomic E-state index is 0.0468. The molecule has 0 fully saturated rings. The largest absolute Gasteiger partial charge is 0.346 e. The maximum Gasteiger partial charge on any atom is 0.251 e. The van der Waals surface area contributed by atoms with E-state index in [0.717, 1.165) is 17.1 Å². The molecule has 0 aliphatic heterocycles. The minimum Gasteiger partial charge on any atom is -0.346 e. The van der Waals surface area contributed by atoms with Crippen molar-refractivity contribution in [3.8, 4) is 11.1 Å². The van der Waals surface area contributed by atoms with Gasteiger partial charge in [-0.1, -0.05) is 30.3 Å². The van der Waals surface area contributed by atoms with Crippen LogP contribution in [0, 0.1) is 6.92 Å². The second kappa shape index (κ2) is 5.63. The van der Waals surface area contributed by atoms with Crippen LogP contribution in [0.4, 0.5) is 0 Å². The average molecular weight is 320 g/mol. The van der Waals surface area contributed by atoms with Crippen LogP contribution in [0.1, 0.15) is 32.2 Å². The fraction of sp³-hybridized carbons (Fsp3) is 0.158. The summed E-state index contributed by atoms with van der Waals surface area (Å²) >= 11 is 1.60. The summed E-state index contributed by atoms with van der Waals surface area (Å²) in [6, 6.07) is 14.4. The van der Waals surface area contributed by atoms with Crippen molar-refractivity contribution in [3.05, 3.63) is 75.2 Å². The van der Waals surface area contributed by atoms with Gasteiger partial charge >= 0.3 is 0 Å². The standard InChI is InChI=1S/C19H16N2OS/c1-12-21-16(11-23-12)10-20-19(22)14-6-7-18-15(9-14)8-13-4-2-3-5-17(13)18/h2-7,9,11H,8,10H2,1H3,(H,20,22). The van der Waals surface area contributed by atoms with Crippen molar-refractivity contribution >= 4 is 17.2 Å². The summed E-state index contributed by atoms with van der Waals surface area (Å²) in [6.07, 6.45) is 0.901. The van der Waals surface area contributed by atoms with Crippen molar-refractivity contribution in [2.75, 3.05) is 0 Å². The topological polar surface area (TPSA) is 42.0 Å².